The molecule has 0 aliphatic carbocycles. The molecule has 3 aromatic carbocycles. The quantitative estimate of drug-likeness (QED) is 0.153. The summed E-state index contributed by atoms with van der Waals surface area (Å²) in [4.78, 5) is 29.3. The fourth-order valence-electron chi connectivity index (χ4n) is 4.46. The van der Waals surface area contributed by atoms with Crippen molar-refractivity contribution in [3.8, 4) is 16.9 Å². The second-order valence-electron chi connectivity index (χ2n) is 10.7. The Bertz CT molecular complexity index is 2050. The summed E-state index contributed by atoms with van der Waals surface area (Å²) < 4.78 is 81.2. The molecule has 5 aromatic rings. The number of sulfone groups is 1. The zero-order valence-electron chi connectivity index (χ0n) is 25.2. The minimum Gasteiger partial charge on any atom is -0.482 e. The van der Waals surface area contributed by atoms with E-state index in [0.717, 1.165) is 23.4 Å². The first-order valence-electron chi connectivity index (χ1n) is 14.3. The maximum Gasteiger partial charge on any atom is 0.422 e. The summed E-state index contributed by atoms with van der Waals surface area (Å²) in [5.74, 6) is -1.90. The van der Waals surface area contributed by atoms with Crippen molar-refractivity contribution in [3.63, 3.8) is 0 Å². The van der Waals surface area contributed by atoms with E-state index in [2.05, 4.69) is 26.0 Å². The van der Waals surface area contributed by atoms with Gasteiger partial charge in [-0.1, -0.05) is 24.3 Å². The van der Waals surface area contributed by atoms with Gasteiger partial charge < -0.3 is 20.7 Å². The van der Waals surface area contributed by atoms with Gasteiger partial charge in [-0.15, -0.1) is 5.10 Å². The van der Waals surface area contributed by atoms with Crippen LogP contribution in [0.5, 0.6) is 5.75 Å². The third-order valence-electron chi connectivity index (χ3n) is 6.75. The number of anilines is 3. The Morgan fingerprint density at radius 1 is 0.938 bits per heavy atom. The van der Waals surface area contributed by atoms with E-state index in [1.165, 1.54) is 28.8 Å². The predicted octanol–water partition coefficient (Wildman–Crippen LogP) is 5.18. The van der Waals surface area contributed by atoms with Crippen molar-refractivity contribution in [2.45, 2.75) is 12.6 Å². The normalized spacial score (nSPS) is 11.7. The second-order valence-corrected chi connectivity index (χ2v) is 13.0. The topological polar surface area (TPSA) is 144 Å². The second kappa shape index (κ2) is 14.1. The van der Waals surface area contributed by atoms with Crippen LogP contribution in [0.1, 0.15) is 15.9 Å². The number of nitrogens with zero attached hydrogens (tertiary/aromatic N) is 3. The van der Waals surface area contributed by atoms with E-state index < -0.39 is 28.5 Å². The molecule has 2 amide bonds. The van der Waals surface area contributed by atoms with Crippen molar-refractivity contribution >= 4 is 44.6 Å². The Hall–Kier alpha value is -5.51. The average molecular weight is 685 g/mol. The highest BCUT2D eigenvalue weighted by molar-refractivity contribution is 7.90. The molecule has 16 heteroatoms. The maximum atomic E-state index is 13.1. The van der Waals surface area contributed by atoms with Crippen LogP contribution in [-0.4, -0.2) is 66.2 Å². The van der Waals surface area contributed by atoms with Gasteiger partial charge in [0.25, 0.3) is 5.91 Å². The molecule has 250 valence electrons. The number of ether oxygens (including phenoxy) is 1. The lowest BCUT2D eigenvalue weighted by Crippen LogP contribution is -2.28. The highest BCUT2D eigenvalue weighted by Crippen LogP contribution is 2.30. The number of amides is 2. The van der Waals surface area contributed by atoms with Gasteiger partial charge in [0, 0.05) is 35.8 Å². The summed E-state index contributed by atoms with van der Waals surface area (Å²) in [6.45, 7) is -1.80. The van der Waals surface area contributed by atoms with Gasteiger partial charge in [-0.25, -0.2) is 17.3 Å². The van der Waals surface area contributed by atoms with E-state index in [0.29, 0.717) is 16.9 Å². The average Bonchev–Trinajstić information content (AvgIpc) is 3.42. The number of rotatable bonds is 12. The standard InChI is InChI=1S/C32H28F4N6O5S/c1-48(45,46)15-14-37-30(44)22-6-12-26(27(17-22)47-19-32(34,35)36)39-31-40-28-13-7-23(18-42(28)41-31)21-4-10-25(11-5-21)38-29(43)16-20-2-8-24(33)9-3-20/h2-13,17-18H,14-16,19H2,1H3,(H,37,44)(H,38,43)(H,39,41). The van der Waals surface area contributed by atoms with E-state index in [1.54, 1.807) is 54.7 Å². The number of nitrogens with one attached hydrogen (secondary N) is 3. The first-order chi connectivity index (χ1) is 22.7. The Morgan fingerprint density at radius 3 is 2.33 bits per heavy atom. The number of hydrogen-bond acceptors (Lipinski definition) is 8. The van der Waals surface area contributed by atoms with Gasteiger partial charge in [0.15, 0.2) is 12.3 Å². The SMILES string of the molecule is CS(=O)(=O)CCNC(=O)c1ccc(Nc2nc3ccc(-c4ccc(NC(=O)Cc5ccc(F)cc5)cc4)cn3n2)c(OCC(F)(F)F)c1. The number of hydrogen-bond donors (Lipinski definition) is 3. The number of alkyl halides is 3. The van der Waals surface area contributed by atoms with Gasteiger partial charge in [0.2, 0.25) is 11.9 Å². The molecule has 0 saturated heterocycles. The molecule has 2 aromatic heterocycles. The molecule has 0 unspecified atom stereocenters. The first-order valence-corrected chi connectivity index (χ1v) is 16.3. The third kappa shape index (κ3) is 9.51. The van der Waals surface area contributed by atoms with Gasteiger partial charge in [-0.05, 0) is 65.7 Å². The zero-order valence-corrected chi connectivity index (χ0v) is 26.0. The molecule has 11 nitrogen and oxygen atoms in total. The van der Waals surface area contributed by atoms with Crippen LogP contribution in [0.4, 0.5) is 34.9 Å². The number of fused-ring (bicyclic) bond motifs is 1. The molecule has 0 bridgehead atoms. The van der Waals surface area contributed by atoms with Crippen LogP contribution in [0.2, 0.25) is 0 Å². The molecule has 0 spiro atoms. The molecule has 0 aliphatic rings. The minimum absolute atomic E-state index is 0.0357. The Balaban J connectivity index is 1.29. The molecule has 0 saturated carbocycles. The Labute approximate surface area is 271 Å². The van der Waals surface area contributed by atoms with Crippen molar-refractivity contribution in [3.05, 3.63) is 102 Å². The molecule has 0 fully saturated rings. The largest absolute Gasteiger partial charge is 0.482 e. The monoisotopic (exact) mass is 684 g/mol. The first kappa shape index (κ1) is 33.8. The fourth-order valence-corrected chi connectivity index (χ4v) is 4.94. The fraction of sp³-hybridized carbons (Fsp3) is 0.188. The molecule has 0 radical (unpaired) electrons. The van der Waals surface area contributed by atoms with Crippen LogP contribution in [0.25, 0.3) is 16.8 Å². The van der Waals surface area contributed by atoms with Crippen LogP contribution in [-0.2, 0) is 21.1 Å². The van der Waals surface area contributed by atoms with E-state index in [-0.39, 0.29) is 53.4 Å². The molecule has 0 atom stereocenters. The molecular weight excluding hydrogens is 656 g/mol. The van der Waals surface area contributed by atoms with Crippen molar-refractivity contribution in [2.75, 3.05) is 35.8 Å². The van der Waals surface area contributed by atoms with E-state index in [4.69, 9.17) is 4.74 Å². The van der Waals surface area contributed by atoms with Crippen LogP contribution in [0.15, 0.2) is 85.1 Å². The summed E-state index contributed by atoms with van der Waals surface area (Å²) in [6.07, 6.45) is -1.86. The molecule has 2 heterocycles. The van der Waals surface area contributed by atoms with Gasteiger partial charge >= 0.3 is 6.18 Å². The van der Waals surface area contributed by atoms with Gasteiger partial charge in [-0.2, -0.15) is 18.2 Å². The number of carbonyl (C=O) groups excluding carboxylic acids is 2. The predicted molar refractivity (Wildman–Crippen MR) is 170 cm³/mol. The van der Waals surface area contributed by atoms with Crippen LogP contribution >= 0.6 is 0 Å². The maximum absolute atomic E-state index is 13.1. The minimum atomic E-state index is -4.66. The van der Waals surface area contributed by atoms with Crippen molar-refractivity contribution < 1.29 is 40.3 Å². The molecule has 0 aliphatic heterocycles. The van der Waals surface area contributed by atoms with Crippen molar-refractivity contribution in [1.29, 1.82) is 0 Å². The molecule has 5 rings (SSSR count). The molecular formula is C32H28F4N6O5S. The number of halogens is 4. The lowest BCUT2D eigenvalue weighted by atomic mass is 10.1. The zero-order chi connectivity index (χ0) is 34.5. The summed E-state index contributed by atoms with van der Waals surface area (Å²) in [6, 6.07) is 20.0. The third-order valence-corrected chi connectivity index (χ3v) is 7.70. The summed E-state index contributed by atoms with van der Waals surface area (Å²) in [5, 5.41) is 12.4. The number of benzene rings is 3. The highest BCUT2D eigenvalue weighted by Gasteiger charge is 2.29. The van der Waals surface area contributed by atoms with E-state index in [9.17, 15) is 35.6 Å². The highest BCUT2D eigenvalue weighted by atomic mass is 32.2. The van der Waals surface area contributed by atoms with Crippen LogP contribution in [0.3, 0.4) is 0 Å². The van der Waals surface area contributed by atoms with Crippen molar-refractivity contribution in [2.24, 2.45) is 0 Å². The van der Waals surface area contributed by atoms with Crippen molar-refractivity contribution in [1.82, 2.24) is 19.9 Å². The smallest absolute Gasteiger partial charge is 0.422 e. The summed E-state index contributed by atoms with van der Waals surface area (Å²) in [7, 11) is -3.33. The summed E-state index contributed by atoms with van der Waals surface area (Å²) >= 11 is 0. The number of carbonyl (C=O) groups is 2. The Morgan fingerprint density at radius 2 is 1.65 bits per heavy atom. The molecule has 3 N–H and O–H groups in total. The number of pyridine rings is 1. The van der Waals surface area contributed by atoms with Crippen LogP contribution in [0, 0.1) is 5.82 Å². The van der Waals surface area contributed by atoms with E-state index >= 15 is 0 Å². The van der Waals surface area contributed by atoms with Gasteiger partial charge in [0.05, 0.1) is 17.9 Å². The van der Waals surface area contributed by atoms with Gasteiger partial charge in [-0.3, -0.25) is 9.59 Å². The Kier molecular flexibility index (Phi) is 9.93. The van der Waals surface area contributed by atoms with E-state index in [1.807, 2.05) is 0 Å². The lowest BCUT2D eigenvalue weighted by molar-refractivity contribution is -0.153. The lowest BCUT2D eigenvalue weighted by Gasteiger charge is -2.14. The van der Waals surface area contributed by atoms with Gasteiger partial charge in [0.1, 0.15) is 21.4 Å². The summed E-state index contributed by atoms with van der Waals surface area (Å²) in [5.41, 5.74) is 3.23. The van der Waals surface area contributed by atoms with Crippen LogP contribution < -0.4 is 20.7 Å². The number of aromatic nitrogens is 3. The molecule has 48 heavy (non-hydrogen) atoms.